The van der Waals surface area contributed by atoms with E-state index in [-0.39, 0.29) is 19.8 Å². The molecule has 3 heterocycles. The van der Waals surface area contributed by atoms with Crippen LogP contribution in [0.5, 0.6) is 0 Å². The number of nitrogens with zero attached hydrogens (tertiary/aromatic N) is 4. The van der Waals surface area contributed by atoms with Gasteiger partial charge in [-0.25, -0.2) is 9.97 Å². The highest BCUT2D eigenvalue weighted by atomic mass is 19.4. The fourth-order valence-electron chi connectivity index (χ4n) is 3.70. The molecule has 1 N–H and O–H groups in total. The van der Waals surface area contributed by atoms with E-state index in [1.807, 2.05) is 6.07 Å². The number of nitrogens with one attached hydrogen (secondary N) is 1. The first kappa shape index (κ1) is 19.5. The molecule has 0 aromatic carbocycles. The number of rotatable bonds is 6. The first-order valence-electron chi connectivity index (χ1n) is 9.62. The van der Waals surface area contributed by atoms with Crippen LogP contribution in [0.4, 0.5) is 13.2 Å². The van der Waals surface area contributed by atoms with Crippen molar-refractivity contribution in [2.45, 2.75) is 31.9 Å². The summed E-state index contributed by atoms with van der Waals surface area (Å²) in [6.07, 6.45) is 2.66. The maximum Gasteiger partial charge on any atom is 0.390 e. The van der Waals surface area contributed by atoms with Crippen LogP contribution >= 0.6 is 0 Å². The highest BCUT2D eigenvalue weighted by molar-refractivity contribution is 5.96. The zero-order valence-electron chi connectivity index (χ0n) is 16.0. The number of H-pyrrole nitrogens is 1. The number of halogens is 3. The van der Waals surface area contributed by atoms with E-state index in [0.717, 1.165) is 30.2 Å². The molecule has 0 bridgehead atoms. The number of carbonyl (C=O) groups excluding carboxylic acids is 1. The van der Waals surface area contributed by atoms with Crippen LogP contribution < -0.4 is 0 Å². The summed E-state index contributed by atoms with van der Waals surface area (Å²) in [7, 11) is 1.72. The van der Waals surface area contributed by atoms with Gasteiger partial charge in [-0.2, -0.15) is 13.2 Å². The molecule has 3 aromatic rings. The maximum absolute atomic E-state index is 13.1. The SMILES string of the molecule is Cn1cc(-c2ncnc3[nH]ccc23)cc1C(=O)N(CCC(F)(F)F)CC1CCC1.[HH]. The predicted octanol–water partition coefficient (Wildman–Crippen LogP) is 4.40. The molecule has 4 rings (SSSR count). The van der Waals surface area contributed by atoms with E-state index >= 15 is 0 Å². The van der Waals surface area contributed by atoms with E-state index in [2.05, 4.69) is 15.0 Å². The minimum absolute atomic E-state index is 0. The van der Waals surface area contributed by atoms with Gasteiger partial charge in [0.15, 0.2) is 0 Å². The zero-order valence-corrected chi connectivity index (χ0v) is 16.0. The van der Waals surface area contributed by atoms with E-state index in [1.165, 1.54) is 11.2 Å². The molecule has 1 aliphatic carbocycles. The molecule has 0 saturated heterocycles. The zero-order chi connectivity index (χ0) is 20.6. The number of aromatic nitrogens is 4. The molecule has 1 saturated carbocycles. The normalized spacial score (nSPS) is 14.9. The van der Waals surface area contributed by atoms with Crippen LogP contribution in [-0.4, -0.2) is 49.6 Å². The number of aryl methyl sites for hydroxylation is 1. The van der Waals surface area contributed by atoms with Gasteiger partial charge in [0.05, 0.1) is 12.1 Å². The van der Waals surface area contributed by atoms with E-state index in [1.54, 1.807) is 30.1 Å². The van der Waals surface area contributed by atoms with Gasteiger partial charge >= 0.3 is 6.18 Å². The van der Waals surface area contributed by atoms with Crippen molar-refractivity contribution in [2.24, 2.45) is 13.0 Å². The Morgan fingerprint density at radius 1 is 1.38 bits per heavy atom. The second-order valence-electron chi connectivity index (χ2n) is 7.60. The summed E-state index contributed by atoms with van der Waals surface area (Å²) in [4.78, 5) is 26.0. The molecular formula is C20H24F3N5O. The Morgan fingerprint density at radius 3 is 2.86 bits per heavy atom. The van der Waals surface area contributed by atoms with Crippen molar-refractivity contribution in [1.29, 1.82) is 0 Å². The van der Waals surface area contributed by atoms with Crippen molar-refractivity contribution in [3.63, 3.8) is 0 Å². The fraction of sp³-hybridized carbons (Fsp3) is 0.450. The smallest absolute Gasteiger partial charge is 0.346 e. The Morgan fingerprint density at radius 2 is 2.17 bits per heavy atom. The quantitative estimate of drug-likeness (QED) is 0.658. The third kappa shape index (κ3) is 4.13. The first-order chi connectivity index (χ1) is 13.8. The average Bonchev–Trinajstić information content (AvgIpc) is 3.25. The molecule has 0 atom stereocenters. The Kier molecular flexibility index (Phi) is 5.06. The van der Waals surface area contributed by atoms with E-state index in [9.17, 15) is 18.0 Å². The Labute approximate surface area is 167 Å². The van der Waals surface area contributed by atoms with Crippen molar-refractivity contribution >= 4 is 16.9 Å². The number of alkyl halides is 3. The van der Waals surface area contributed by atoms with E-state index in [4.69, 9.17) is 0 Å². The van der Waals surface area contributed by atoms with Crippen molar-refractivity contribution in [3.05, 3.63) is 36.5 Å². The molecule has 0 radical (unpaired) electrons. The van der Waals surface area contributed by atoms with Crippen molar-refractivity contribution < 1.29 is 19.4 Å². The van der Waals surface area contributed by atoms with Gasteiger partial charge in [0.1, 0.15) is 17.7 Å². The van der Waals surface area contributed by atoms with Crippen LogP contribution in [0.25, 0.3) is 22.3 Å². The lowest BCUT2D eigenvalue weighted by Crippen LogP contribution is -2.40. The van der Waals surface area contributed by atoms with Crippen molar-refractivity contribution in [2.75, 3.05) is 13.1 Å². The van der Waals surface area contributed by atoms with Gasteiger partial charge in [-0.05, 0) is 30.9 Å². The molecule has 0 aliphatic heterocycles. The van der Waals surface area contributed by atoms with Gasteiger partial charge < -0.3 is 14.5 Å². The molecule has 1 aliphatic rings. The molecule has 9 heteroatoms. The monoisotopic (exact) mass is 407 g/mol. The summed E-state index contributed by atoms with van der Waals surface area (Å²) in [5.41, 5.74) is 2.43. The van der Waals surface area contributed by atoms with Crippen LogP contribution in [0.1, 0.15) is 37.6 Å². The third-order valence-electron chi connectivity index (χ3n) is 5.51. The first-order valence-corrected chi connectivity index (χ1v) is 9.62. The van der Waals surface area contributed by atoms with Crippen molar-refractivity contribution in [1.82, 2.24) is 24.4 Å². The molecule has 6 nitrogen and oxygen atoms in total. The maximum atomic E-state index is 13.1. The third-order valence-corrected chi connectivity index (χ3v) is 5.51. The number of carbonyl (C=O) groups is 1. The summed E-state index contributed by atoms with van der Waals surface area (Å²) < 4.78 is 40.0. The Balaban J connectivity index is 0.00000256. The standard InChI is InChI=1S/C20H22F3N5O.H2/c1-27-11-14(17-15-5-7-24-18(15)26-12-25-17)9-16(27)19(29)28(8-6-20(21,22)23)10-13-3-2-4-13;/h5,7,9,11-13H,2-4,6,8,10H2,1H3,(H,24,25,26);1H. The number of amides is 1. The number of hydrogen-bond acceptors (Lipinski definition) is 3. The topological polar surface area (TPSA) is 66.8 Å². The highest BCUT2D eigenvalue weighted by Gasteiger charge is 2.32. The molecular weight excluding hydrogens is 383 g/mol. The lowest BCUT2D eigenvalue weighted by Gasteiger charge is -2.32. The summed E-state index contributed by atoms with van der Waals surface area (Å²) in [5, 5.41) is 0.820. The second-order valence-corrected chi connectivity index (χ2v) is 7.60. The molecule has 1 fully saturated rings. The Hall–Kier alpha value is -2.84. The summed E-state index contributed by atoms with van der Waals surface area (Å²) in [6.45, 7) is 0.0416. The fourth-order valence-corrected chi connectivity index (χ4v) is 3.70. The van der Waals surface area contributed by atoms with Crippen molar-refractivity contribution in [3.8, 4) is 11.3 Å². The lowest BCUT2D eigenvalue weighted by molar-refractivity contribution is -0.137. The highest BCUT2D eigenvalue weighted by Crippen LogP contribution is 2.30. The van der Waals surface area contributed by atoms with E-state index < -0.39 is 12.6 Å². The van der Waals surface area contributed by atoms with Gasteiger partial charge in [0.2, 0.25) is 0 Å². The minimum atomic E-state index is -4.29. The molecule has 156 valence electrons. The van der Waals surface area contributed by atoms with E-state index in [0.29, 0.717) is 23.6 Å². The average molecular weight is 407 g/mol. The molecule has 0 spiro atoms. The van der Waals surface area contributed by atoms with Gasteiger partial charge in [-0.1, -0.05) is 6.42 Å². The predicted molar refractivity (Wildman–Crippen MR) is 104 cm³/mol. The second kappa shape index (κ2) is 7.53. The van der Waals surface area contributed by atoms with Crippen LogP contribution in [0.3, 0.4) is 0 Å². The number of hydrogen-bond donors (Lipinski definition) is 1. The van der Waals surface area contributed by atoms with Crippen LogP contribution in [-0.2, 0) is 7.05 Å². The largest absolute Gasteiger partial charge is 0.390 e. The molecule has 0 unspecified atom stereocenters. The van der Waals surface area contributed by atoms with Gasteiger partial charge in [-0.15, -0.1) is 0 Å². The summed E-state index contributed by atoms with van der Waals surface area (Å²) in [5.74, 6) is -0.0949. The van der Waals surface area contributed by atoms with Gasteiger partial charge in [0, 0.05) is 44.9 Å². The Bertz CT molecular complexity index is 1030. The van der Waals surface area contributed by atoms with Crippen LogP contribution in [0, 0.1) is 5.92 Å². The molecule has 3 aromatic heterocycles. The van der Waals surface area contributed by atoms with Gasteiger partial charge in [-0.3, -0.25) is 4.79 Å². The number of aromatic amines is 1. The molecule has 29 heavy (non-hydrogen) atoms. The van der Waals surface area contributed by atoms with Crippen LogP contribution in [0.15, 0.2) is 30.9 Å². The lowest BCUT2D eigenvalue weighted by atomic mass is 9.85. The number of fused-ring (bicyclic) bond motifs is 1. The summed E-state index contributed by atoms with van der Waals surface area (Å²) in [6, 6.07) is 3.55. The summed E-state index contributed by atoms with van der Waals surface area (Å²) >= 11 is 0. The molecule has 1 amide bonds. The minimum Gasteiger partial charge on any atom is -0.346 e. The van der Waals surface area contributed by atoms with Gasteiger partial charge in [0.25, 0.3) is 5.91 Å². The van der Waals surface area contributed by atoms with Crippen LogP contribution in [0.2, 0.25) is 0 Å².